The molecule has 0 atom stereocenters. The minimum atomic E-state index is 0.624. The molecule has 0 aliphatic heterocycles. The number of aromatic nitrogens is 1. The van der Waals surface area contributed by atoms with E-state index < -0.39 is 0 Å². The molecule has 1 aromatic heterocycles. The molecule has 90 valence electrons. The normalized spacial score (nSPS) is 15.3. The lowest BCUT2D eigenvalue weighted by molar-refractivity contribution is 0.134. The number of hydrogen-bond donors (Lipinski definition) is 2. The summed E-state index contributed by atoms with van der Waals surface area (Å²) in [6.07, 6.45) is 4.69. The second kappa shape index (κ2) is 5.75. The Hall–Kier alpha value is -0.460. The van der Waals surface area contributed by atoms with Crippen LogP contribution in [0, 0.1) is 5.92 Å². The van der Waals surface area contributed by atoms with Crippen LogP contribution in [0.1, 0.15) is 12.8 Å². The van der Waals surface area contributed by atoms with Gasteiger partial charge in [-0.05, 0) is 36.5 Å². The maximum absolute atomic E-state index is 5.74. The van der Waals surface area contributed by atoms with Gasteiger partial charge in [0.2, 0.25) is 0 Å². The minimum absolute atomic E-state index is 0.624. The fourth-order valence-corrected chi connectivity index (χ4v) is 2.94. The largest absolute Gasteiger partial charge is 0.382 e. The molecule has 6 heteroatoms. The second-order valence-corrected chi connectivity index (χ2v) is 5.47. The Morgan fingerprint density at radius 3 is 3.12 bits per heavy atom. The van der Waals surface area contributed by atoms with Crippen molar-refractivity contribution < 1.29 is 4.74 Å². The van der Waals surface area contributed by atoms with Crippen molar-refractivity contribution in [3.8, 4) is 0 Å². The highest BCUT2D eigenvalue weighted by atomic mass is 32.2. The first-order chi connectivity index (χ1) is 7.81. The predicted molar refractivity (Wildman–Crippen MR) is 70.3 cm³/mol. The van der Waals surface area contributed by atoms with Crippen LogP contribution in [0.2, 0.25) is 0 Å². The van der Waals surface area contributed by atoms with E-state index in [1.807, 2.05) is 6.26 Å². The minimum Gasteiger partial charge on any atom is -0.382 e. The van der Waals surface area contributed by atoms with E-state index in [1.54, 1.807) is 11.8 Å². The number of hydrogen-bond acceptors (Lipinski definition) is 6. The van der Waals surface area contributed by atoms with E-state index in [1.165, 1.54) is 24.4 Å². The zero-order chi connectivity index (χ0) is 11.4. The number of thioether (sulfide) groups is 1. The number of nitrogens with zero attached hydrogens (tertiary/aromatic N) is 1. The summed E-state index contributed by atoms with van der Waals surface area (Å²) in [5.41, 5.74) is 5.74. The van der Waals surface area contributed by atoms with Crippen LogP contribution in [0.25, 0.3) is 0 Å². The quantitative estimate of drug-likeness (QED) is 0.581. The highest BCUT2D eigenvalue weighted by Crippen LogP contribution is 2.34. The molecule has 3 N–H and O–H groups in total. The molecule has 0 unspecified atom stereocenters. The molecule has 1 fully saturated rings. The van der Waals surface area contributed by atoms with Crippen molar-refractivity contribution in [2.45, 2.75) is 17.7 Å². The third-order valence-corrected chi connectivity index (χ3v) is 4.23. The lowest BCUT2D eigenvalue weighted by Crippen LogP contribution is -2.10. The summed E-state index contributed by atoms with van der Waals surface area (Å²) < 4.78 is 9.66. The van der Waals surface area contributed by atoms with Gasteiger partial charge < -0.3 is 15.8 Å². The van der Waals surface area contributed by atoms with Gasteiger partial charge in [0.25, 0.3) is 0 Å². The topological polar surface area (TPSA) is 60.2 Å². The third-order valence-electron chi connectivity index (χ3n) is 2.46. The first-order valence-electron chi connectivity index (χ1n) is 5.42. The molecule has 2 rings (SSSR count). The lowest BCUT2D eigenvalue weighted by atomic mass is 10.5. The Bertz CT molecular complexity index is 339. The van der Waals surface area contributed by atoms with Gasteiger partial charge in [-0.25, -0.2) is 0 Å². The van der Waals surface area contributed by atoms with Gasteiger partial charge in [-0.15, -0.1) is 11.8 Å². The molecule has 1 aliphatic carbocycles. The number of ether oxygens (including phenoxy) is 1. The lowest BCUT2D eigenvalue weighted by Gasteiger charge is -2.06. The Kier molecular flexibility index (Phi) is 4.31. The summed E-state index contributed by atoms with van der Waals surface area (Å²) >= 11 is 3.04. The van der Waals surface area contributed by atoms with Crippen molar-refractivity contribution in [2.75, 3.05) is 37.1 Å². The van der Waals surface area contributed by atoms with Crippen LogP contribution in [-0.2, 0) is 4.74 Å². The maximum atomic E-state index is 5.74. The van der Waals surface area contributed by atoms with Gasteiger partial charge in [0, 0.05) is 13.2 Å². The molecule has 1 heterocycles. The Morgan fingerprint density at radius 1 is 1.62 bits per heavy atom. The molecule has 1 aromatic rings. The zero-order valence-electron chi connectivity index (χ0n) is 9.36. The van der Waals surface area contributed by atoms with E-state index in [-0.39, 0.29) is 0 Å². The zero-order valence-corrected chi connectivity index (χ0v) is 11.0. The highest BCUT2D eigenvalue weighted by Gasteiger charge is 2.20. The van der Waals surface area contributed by atoms with Crippen molar-refractivity contribution in [1.82, 2.24) is 4.37 Å². The summed E-state index contributed by atoms with van der Waals surface area (Å²) in [7, 11) is 0. The average molecular weight is 259 g/mol. The summed E-state index contributed by atoms with van der Waals surface area (Å²) in [6.45, 7) is 2.49. The molecular formula is C10H17N3OS2. The van der Waals surface area contributed by atoms with Crippen LogP contribution < -0.4 is 11.1 Å². The number of nitrogens with one attached hydrogen (secondary N) is 1. The summed E-state index contributed by atoms with van der Waals surface area (Å²) in [6, 6.07) is 0. The van der Waals surface area contributed by atoms with Crippen molar-refractivity contribution >= 4 is 34.1 Å². The van der Waals surface area contributed by atoms with Gasteiger partial charge in [0.1, 0.15) is 5.00 Å². The van der Waals surface area contributed by atoms with Gasteiger partial charge in [-0.3, -0.25) is 0 Å². The fraction of sp³-hybridized carbons (Fsp3) is 0.700. The van der Waals surface area contributed by atoms with E-state index in [9.17, 15) is 0 Å². The van der Waals surface area contributed by atoms with Crippen LogP contribution in [-0.4, -0.2) is 30.4 Å². The smallest absolute Gasteiger partial charge is 0.153 e. The first kappa shape index (κ1) is 12.0. The van der Waals surface area contributed by atoms with Crippen LogP contribution in [0.3, 0.4) is 0 Å². The van der Waals surface area contributed by atoms with E-state index in [4.69, 9.17) is 10.5 Å². The molecule has 0 aromatic carbocycles. The van der Waals surface area contributed by atoms with Crippen LogP contribution in [0.4, 0.5) is 10.8 Å². The highest BCUT2D eigenvalue weighted by molar-refractivity contribution is 7.99. The molecule has 0 saturated heterocycles. The number of anilines is 2. The summed E-state index contributed by atoms with van der Waals surface area (Å²) in [4.78, 5) is 1.05. The molecule has 4 nitrogen and oxygen atoms in total. The maximum Gasteiger partial charge on any atom is 0.153 e. The SMILES string of the molecule is CSc1c(N)nsc1NCCOCC1CC1. The molecule has 0 amide bonds. The monoisotopic (exact) mass is 259 g/mol. The Balaban J connectivity index is 1.67. The predicted octanol–water partition coefficient (Wildman–Crippen LogP) is 2.29. The van der Waals surface area contributed by atoms with Crippen molar-refractivity contribution in [2.24, 2.45) is 5.92 Å². The third kappa shape index (κ3) is 3.26. The van der Waals surface area contributed by atoms with Gasteiger partial charge in [0.05, 0.1) is 11.5 Å². The van der Waals surface area contributed by atoms with E-state index in [0.717, 1.165) is 35.6 Å². The molecular weight excluding hydrogens is 242 g/mol. The van der Waals surface area contributed by atoms with Gasteiger partial charge in [-0.1, -0.05) is 0 Å². The second-order valence-electron chi connectivity index (χ2n) is 3.88. The summed E-state index contributed by atoms with van der Waals surface area (Å²) in [5.74, 6) is 1.46. The van der Waals surface area contributed by atoms with Crippen LogP contribution >= 0.6 is 23.3 Å². The van der Waals surface area contributed by atoms with E-state index >= 15 is 0 Å². The van der Waals surface area contributed by atoms with Gasteiger partial charge in [-0.2, -0.15) is 4.37 Å². The number of nitrogen functional groups attached to an aromatic ring is 1. The van der Waals surface area contributed by atoms with Crippen LogP contribution in [0.15, 0.2) is 4.90 Å². The van der Waals surface area contributed by atoms with E-state index in [2.05, 4.69) is 9.69 Å². The first-order valence-corrected chi connectivity index (χ1v) is 7.42. The van der Waals surface area contributed by atoms with Crippen molar-refractivity contribution in [1.29, 1.82) is 0 Å². The number of nitrogens with two attached hydrogens (primary N) is 1. The molecule has 1 aliphatic rings. The van der Waals surface area contributed by atoms with Crippen molar-refractivity contribution in [3.05, 3.63) is 0 Å². The molecule has 0 bridgehead atoms. The van der Waals surface area contributed by atoms with E-state index in [0.29, 0.717) is 5.82 Å². The fourth-order valence-electron chi connectivity index (χ4n) is 1.38. The standard InChI is InChI=1S/C10H17N3OS2/c1-15-8-9(11)13-16-10(8)12-4-5-14-6-7-2-3-7/h7,12H,2-6H2,1H3,(H2,11,13). The molecule has 1 saturated carbocycles. The molecule has 16 heavy (non-hydrogen) atoms. The molecule has 0 radical (unpaired) electrons. The van der Waals surface area contributed by atoms with Gasteiger partial charge in [0.15, 0.2) is 5.82 Å². The summed E-state index contributed by atoms with van der Waals surface area (Å²) in [5, 5.41) is 4.36. The molecule has 0 spiro atoms. The van der Waals surface area contributed by atoms with Gasteiger partial charge >= 0.3 is 0 Å². The number of rotatable bonds is 7. The average Bonchev–Trinajstić information content (AvgIpc) is 3.03. The van der Waals surface area contributed by atoms with Crippen LogP contribution in [0.5, 0.6) is 0 Å². The Morgan fingerprint density at radius 2 is 2.44 bits per heavy atom. The van der Waals surface area contributed by atoms with Crippen molar-refractivity contribution in [3.63, 3.8) is 0 Å². The Labute approximate surface area is 104 Å².